The lowest BCUT2D eigenvalue weighted by Crippen LogP contribution is -2.08. The third-order valence-corrected chi connectivity index (χ3v) is 2.16. The highest BCUT2D eigenvalue weighted by Crippen LogP contribution is 2.20. The van der Waals surface area contributed by atoms with Gasteiger partial charge in [0.15, 0.2) is 0 Å². The van der Waals surface area contributed by atoms with Gasteiger partial charge < -0.3 is 0 Å². The molecular weight excluding hydrogens is 108 g/mol. The van der Waals surface area contributed by atoms with E-state index in [9.17, 15) is 0 Å². The van der Waals surface area contributed by atoms with Crippen LogP contribution in [0.1, 0.15) is 33.1 Å². The lowest BCUT2D eigenvalue weighted by Gasteiger charge is -2.18. The van der Waals surface area contributed by atoms with Gasteiger partial charge in [0.05, 0.1) is 0 Å². The predicted octanol–water partition coefficient (Wildman–Crippen LogP) is 3.10. The largest absolute Gasteiger partial charge is 0.0651 e. The van der Waals surface area contributed by atoms with Crippen molar-refractivity contribution in [3.63, 3.8) is 0 Å². The number of rotatable bonds is 4. The maximum absolute atomic E-state index is 3.90. The zero-order valence-electron chi connectivity index (χ0n) is 6.69. The Hall–Kier alpha value is 0. The molecule has 0 bridgehead atoms. The first-order chi connectivity index (χ1) is 4.26. The monoisotopic (exact) mass is 126 g/mol. The highest BCUT2D eigenvalue weighted by molar-refractivity contribution is 4.66. The second-order valence-corrected chi connectivity index (χ2v) is 2.72. The van der Waals surface area contributed by atoms with Crippen LogP contribution in [0.15, 0.2) is 0 Å². The Balaban J connectivity index is 3.50. The zero-order valence-corrected chi connectivity index (χ0v) is 6.69. The van der Waals surface area contributed by atoms with Gasteiger partial charge in [0, 0.05) is 0 Å². The molecule has 0 aromatic heterocycles. The predicted molar refractivity (Wildman–Crippen MR) is 42.9 cm³/mol. The molecule has 0 saturated carbocycles. The Morgan fingerprint density at radius 3 is 1.89 bits per heavy atom. The molecule has 0 fully saturated rings. The molecule has 0 heterocycles. The fourth-order valence-corrected chi connectivity index (χ4v) is 1.13. The van der Waals surface area contributed by atoms with Crippen molar-refractivity contribution in [2.45, 2.75) is 33.1 Å². The summed E-state index contributed by atoms with van der Waals surface area (Å²) in [5.41, 5.74) is 0. The van der Waals surface area contributed by atoms with Crippen LogP contribution in [-0.4, -0.2) is 0 Å². The summed E-state index contributed by atoms with van der Waals surface area (Å²) in [7, 11) is 0. The van der Waals surface area contributed by atoms with Crippen LogP contribution in [-0.2, 0) is 0 Å². The van der Waals surface area contributed by atoms with Crippen molar-refractivity contribution in [2.24, 2.45) is 11.8 Å². The van der Waals surface area contributed by atoms with E-state index in [4.69, 9.17) is 0 Å². The summed E-state index contributed by atoms with van der Waals surface area (Å²) in [6, 6.07) is 0. The van der Waals surface area contributed by atoms with E-state index in [0.29, 0.717) is 0 Å². The zero-order chi connectivity index (χ0) is 7.28. The minimum absolute atomic E-state index is 0.757. The van der Waals surface area contributed by atoms with Crippen LogP contribution < -0.4 is 0 Å². The highest BCUT2D eigenvalue weighted by Gasteiger charge is 2.09. The van der Waals surface area contributed by atoms with E-state index in [-0.39, 0.29) is 0 Å². The van der Waals surface area contributed by atoms with Crippen molar-refractivity contribution >= 4 is 0 Å². The maximum atomic E-state index is 3.90. The molecule has 0 aromatic carbocycles. The average molecular weight is 126 g/mol. The van der Waals surface area contributed by atoms with E-state index in [1.54, 1.807) is 0 Å². The lowest BCUT2D eigenvalue weighted by molar-refractivity contribution is 0.351. The molecule has 0 N–H and O–H groups in total. The van der Waals surface area contributed by atoms with Gasteiger partial charge in [-0.3, -0.25) is 0 Å². The van der Waals surface area contributed by atoms with Gasteiger partial charge >= 0.3 is 0 Å². The average Bonchev–Trinajstić information content (AvgIpc) is 1.90. The van der Waals surface area contributed by atoms with Gasteiger partial charge in [0.1, 0.15) is 0 Å². The van der Waals surface area contributed by atoms with Crippen LogP contribution >= 0.6 is 0 Å². The van der Waals surface area contributed by atoms with E-state index in [2.05, 4.69) is 27.7 Å². The van der Waals surface area contributed by atoms with Crippen LogP contribution in [0.4, 0.5) is 0 Å². The van der Waals surface area contributed by atoms with Crippen LogP contribution in [0.3, 0.4) is 0 Å². The number of hydrogen-bond donors (Lipinski definition) is 0. The molecule has 0 aliphatic carbocycles. The van der Waals surface area contributed by atoms with Crippen LogP contribution in [0, 0.1) is 25.7 Å². The molecule has 0 aromatic rings. The molecule has 9 heavy (non-hydrogen) atoms. The Morgan fingerprint density at radius 2 is 1.78 bits per heavy atom. The SMILES string of the molecule is [CH2]CC(C)C(C[CH2])CC. The quantitative estimate of drug-likeness (QED) is 0.543. The molecule has 0 amide bonds. The van der Waals surface area contributed by atoms with Crippen molar-refractivity contribution in [3.8, 4) is 0 Å². The molecule has 2 radical (unpaired) electrons. The van der Waals surface area contributed by atoms with Crippen molar-refractivity contribution in [2.75, 3.05) is 0 Å². The standard InChI is InChI=1S/C9H18/c1-5-8(4)9(6-2)7-3/h8-9H,1-2,5-7H2,3-4H3. The molecule has 0 spiro atoms. The Labute approximate surface area is 59.7 Å². The molecule has 0 heteroatoms. The first-order valence-electron chi connectivity index (χ1n) is 3.84. The minimum atomic E-state index is 0.757. The summed E-state index contributed by atoms with van der Waals surface area (Å²) in [5.74, 6) is 1.55. The van der Waals surface area contributed by atoms with E-state index < -0.39 is 0 Å². The Bertz CT molecular complexity index is 53.1. The summed E-state index contributed by atoms with van der Waals surface area (Å²) in [6.45, 7) is 12.3. The summed E-state index contributed by atoms with van der Waals surface area (Å²) in [5, 5.41) is 0. The summed E-state index contributed by atoms with van der Waals surface area (Å²) in [6.07, 6.45) is 3.36. The van der Waals surface area contributed by atoms with Crippen LogP contribution in [0.2, 0.25) is 0 Å². The highest BCUT2D eigenvalue weighted by atomic mass is 14.2. The first-order valence-corrected chi connectivity index (χ1v) is 3.84. The third-order valence-electron chi connectivity index (χ3n) is 2.16. The van der Waals surface area contributed by atoms with Gasteiger partial charge in [0.25, 0.3) is 0 Å². The molecule has 0 aliphatic heterocycles. The molecule has 0 aliphatic rings. The van der Waals surface area contributed by atoms with Gasteiger partial charge in [-0.1, -0.05) is 47.0 Å². The molecular formula is C9H18. The molecule has 0 saturated heterocycles. The summed E-state index contributed by atoms with van der Waals surface area (Å²) in [4.78, 5) is 0. The van der Waals surface area contributed by atoms with Crippen molar-refractivity contribution < 1.29 is 0 Å². The fraction of sp³-hybridized carbons (Fsp3) is 0.778. The van der Waals surface area contributed by atoms with E-state index in [1.807, 2.05) is 0 Å². The lowest BCUT2D eigenvalue weighted by atomic mass is 9.88. The normalized spacial score (nSPS) is 14.3. The minimum Gasteiger partial charge on any atom is -0.0651 e. The van der Waals surface area contributed by atoms with Gasteiger partial charge in [-0.15, -0.1) is 0 Å². The first kappa shape index (κ1) is 9.00. The van der Waals surface area contributed by atoms with E-state index >= 15 is 0 Å². The van der Waals surface area contributed by atoms with Crippen LogP contribution in [0.5, 0.6) is 0 Å². The Morgan fingerprint density at radius 1 is 1.22 bits per heavy atom. The number of hydrogen-bond acceptors (Lipinski definition) is 0. The van der Waals surface area contributed by atoms with Gasteiger partial charge in [-0.25, -0.2) is 0 Å². The maximum Gasteiger partial charge on any atom is -0.0391 e. The summed E-state index contributed by atoms with van der Waals surface area (Å²) >= 11 is 0. The van der Waals surface area contributed by atoms with E-state index in [0.717, 1.165) is 24.7 Å². The van der Waals surface area contributed by atoms with Crippen molar-refractivity contribution in [3.05, 3.63) is 13.8 Å². The van der Waals surface area contributed by atoms with Gasteiger partial charge in [-0.05, 0) is 11.8 Å². The van der Waals surface area contributed by atoms with Crippen LogP contribution in [0.25, 0.3) is 0 Å². The van der Waals surface area contributed by atoms with Crippen molar-refractivity contribution in [1.29, 1.82) is 0 Å². The molecule has 2 atom stereocenters. The molecule has 0 nitrogen and oxygen atoms in total. The van der Waals surface area contributed by atoms with Crippen molar-refractivity contribution in [1.82, 2.24) is 0 Å². The second kappa shape index (κ2) is 4.84. The molecule has 2 unspecified atom stereocenters. The van der Waals surface area contributed by atoms with Gasteiger partial charge in [0.2, 0.25) is 0 Å². The van der Waals surface area contributed by atoms with Gasteiger partial charge in [-0.2, -0.15) is 0 Å². The fourth-order valence-electron chi connectivity index (χ4n) is 1.13. The molecule has 54 valence electrons. The summed E-state index contributed by atoms with van der Waals surface area (Å²) < 4.78 is 0. The Kier molecular flexibility index (Phi) is 4.84. The van der Waals surface area contributed by atoms with E-state index in [1.165, 1.54) is 6.42 Å². The topological polar surface area (TPSA) is 0 Å². The third kappa shape index (κ3) is 2.88. The second-order valence-electron chi connectivity index (χ2n) is 2.72. The smallest absolute Gasteiger partial charge is 0.0391 e. The molecule has 0 rings (SSSR count).